The van der Waals surface area contributed by atoms with Crippen molar-refractivity contribution in [3.05, 3.63) is 27.6 Å². The molecule has 0 unspecified atom stereocenters. The highest BCUT2D eigenvalue weighted by molar-refractivity contribution is 9.10. The zero-order chi connectivity index (χ0) is 9.97. The van der Waals surface area contributed by atoms with E-state index in [9.17, 15) is 0 Å². The number of nitrogens with zero attached hydrogens (tertiary/aromatic N) is 2. The summed E-state index contributed by atoms with van der Waals surface area (Å²) in [5.41, 5.74) is 6.61. The minimum Gasteiger partial charge on any atom is -0.383 e. The van der Waals surface area contributed by atoms with Gasteiger partial charge in [-0.1, -0.05) is 0 Å². The van der Waals surface area contributed by atoms with Crippen LogP contribution in [-0.2, 0) is 0 Å². The van der Waals surface area contributed by atoms with Crippen LogP contribution in [0.4, 0.5) is 17.3 Å². The van der Waals surface area contributed by atoms with E-state index in [4.69, 9.17) is 5.73 Å². The fourth-order valence-corrected chi connectivity index (χ4v) is 1.83. The molecule has 0 amide bonds. The van der Waals surface area contributed by atoms with Gasteiger partial charge in [0.1, 0.15) is 22.4 Å². The average Bonchev–Trinajstić information content (AvgIpc) is 2.66. The number of hydrogen-bond acceptors (Lipinski definition) is 5. The number of thiophene rings is 1. The van der Waals surface area contributed by atoms with E-state index in [2.05, 4.69) is 31.2 Å². The minimum atomic E-state index is 0.428. The smallest absolute Gasteiger partial charge is 0.150 e. The molecule has 0 fully saturated rings. The Kier molecular flexibility index (Phi) is 2.64. The third-order valence-corrected chi connectivity index (χ3v) is 3.07. The molecule has 2 rings (SSSR count). The molecule has 0 aliphatic rings. The van der Waals surface area contributed by atoms with E-state index in [0.717, 1.165) is 5.69 Å². The van der Waals surface area contributed by atoms with Gasteiger partial charge in [-0.25, -0.2) is 9.97 Å². The summed E-state index contributed by atoms with van der Waals surface area (Å²) in [7, 11) is 0. The molecule has 0 saturated carbocycles. The maximum absolute atomic E-state index is 5.61. The number of nitrogens with two attached hydrogens (primary N) is 1. The van der Waals surface area contributed by atoms with Gasteiger partial charge >= 0.3 is 0 Å². The minimum absolute atomic E-state index is 0.428. The molecule has 0 saturated heterocycles. The summed E-state index contributed by atoms with van der Waals surface area (Å²) >= 11 is 4.93. The molecule has 4 nitrogen and oxygen atoms in total. The van der Waals surface area contributed by atoms with Gasteiger partial charge in [0.05, 0.1) is 5.69 Å². The van der Waals surface area contributed by atoms with E-state index < -0.39 is 0 Å². The highest BCUT2D eigenvalue weighted by Crippen LogP contribution is 2.27. The van der Waals surface area contributed by atoms with Gasteiger partial charge in [0, 0.05) is 5.38 Å². The van der Waals surface area contributed by atoms with E-state index in [0.29, 0.717) is 16.1 Å². The Morgan fingerprint density at radius 2 is 2.29 bits per heavy atom. The fraction of sp³-hybridized carbons (Fsp3) is 0. The van der Waals surface area contributed by atoms with Crippen molar-refractivity contribution >= 4 is 44.6 Å². The molecule has 3 N–H and O–H groups in total. The molecule has 72 valence electrons. The molecule has 0 aliphatic heterocycles. The number of hydrogen-bond donors (Lipinski definition) is 2. The van der Waals surface area contributed by atoms with Gasteiger partial charge in [-0.3, -0.25) is 0 Å². The third-order valence-electron chi connectivity index (χ3n) is 1.60. The van der Waals surface area contributed by atoms with E-state index in [1.807, 2.05) is 16.8 Å². The zero-order valence-corrected chi connectivity index (χ0v) is 9.47. The lowest BCUT2D eigenvalue weighted by molar-refractivity contribution is 1.16. The summed E-state index contributed by atoms with van der Waals surface area (Å²) in [5, 5.41) is 7.10. The Morgan fingerprint density at radius 1 is 1.43 bits per heavy atom. The fourth-order valence-electron chi connectivity index (χ4n) is 0.943. The summed E-state index contributed by atoms with van der Waals surface area (Å²) in [4.78, 5) is 7.92. The summed E-state index contributed by atoms with van der Waals surface area (Å²) in [5.74, 6) is 1.11. The maximum atomic E-state index is 5.61. The molecular formula is C8H7BrN4S. The summed E-state index contributed by atoms with van der Waals surface area (Å²) < 4.78 is 0.686. The largest absolute Gasteiger partial charge is 0.383 e. The SMILES string of the molecule is Nc1ncnc(Nc2ccsc2)c1Br. The van der Waals surface area contributed by atoms with E-state index in [-0.39, 0.29) is 0 Å². The molecule has 0 spiro atoms. The topological polar surface area (TPSA) is 63.8 Å². The second-order valence-electron chi connectivity index (χ2n) is 2.56. The van der Waals surface area contributed by atoms with Crippen molar-refractivity contribution in [1.29, 1.82) is 0 Å². The normalized spacial score (nSPS) is 10.1. The Bertz CT molecular complexity index is 429. The van der Waals surface area contributed by atoms with Crippen LogP contribution < -0.4 is 11.1 Å². The molecule has 2 heterocycles. The Morgan fingerprint density at radius 3 is 3.00 bits per heavy atom. The Balaban J connectivity index is 2.29. The number of nitrogen functional groups attached to an aromatic ring is 1. The lowest BCUT2D eigenvalue weighted by Gasteiger charge is -2.05. The van der Waals surface area contributed by atoms with Crippen LogP contribution in [0.5, 0.6) is 0 Å². The molecule has 6 heteroatoms. The van der Waals surface area contributed by atoms with Gasteiger partial charge < -0.3 is 11.1 Å². The summed E-state index contributed by atoms with van der Waals surface area (Å²) in [6, 6.07) is 1.97. The molecule has 2 aromatic rings. The van der Waals surface area contributed by atoms with Crippen molar-refractivity contribution in [3.8, 4) is 0 Å². The predicted molar refractivity (Wildman–Crippen MR) is 61.7 cm³/mol. The van der Waals surface area contributed by atoms with Crippen molar-refractivity contribution in [1.82, 2.24) is 9.97 Å². The van der Waals surface area contributed by atoms with Crippen LogP contribution in [0.25, 0.3) is 0 Å². The molecule has 0 bridgehead atoms. The lowest BCUT2D eigenvalue weighted by atomic mass is 10.5. The van der Waals surface area contributed by atoms with Crippen LogP contribution in [0.2, 0.25) is 0 Å². The van der Waals surface area contributed by atoms with Crippen LogP contribution in [0.1, 0.15) is 0 Å². The highest BCUT2D eigenvalue weighted by Gasteiger charge is 2.05. The number of nitrogens with one attached hydrogen (secondary N) is 1. The molecule has 14 heavy (non-hydrogen) atoms. The Labute approximate surface area is 93.3 Å². The third kappa shape index (κ3) is 1.85. The monoisotopic (exact) mass is 270 g/mol. The highest BCUT2D eigenvalue weighted by atomic mass is 79.9. The molecule has 2 aromatic heterocycles. The lowest BCUT2D eigenvalue weighted by Crippen LogP contribution is -1.98. The standard InChI is InChI=1S/C8H7BrN4S/c9-6-7(10)11-4-12-8(6)13-5-1-2-14-3-5/h1-4H,(H3,10,11,12,13). The number of halogens is 1. The van der Waals surface area contributed by atoms with Crippen molar-refractivity contribution in [2.45, 2.75) is 0 Å². The summed E-state index contributed by atoms with van der Waals surface area (Å²) in [6.07, 6.45) is 1.43. The van der Waals surface area contributed by atoms with Gasteiger partial charge in [-0.15, -0.1) is 0 Å². The van der Waals surface area contributed by atoms with Crippen molar-refractivity contribution in [2.24, 2.45) is 0 Å². The van der Waals surface area contributed by atoms with Crippen molar-refractivity contribution < 1.29 is 0 Å². The second-order valence-corrected chi connectivity index (χ2v) is 4.13. The van der Waals surface area contributed by atoms with Gasteiger partial charge in [-0.2, -0.15) is 11.3 Å². The molecule has 0 atom stereocenters. The van der Waals surface area contributed by atoms with Gasteiger partial charge in [0.25, 0.3) is 0 Å². The number of rotatable bonds is 2. The van der Waals surface area contributed by atoms with Crippen LogP contribution in [0.15, 0.2) is 27.6 Å². The Hall–Kier alpha value is -1.14. The first kappa shape index (κ1) is 9.42. The van der Waals surface area contributed by atoms with E-state index in [1.54, 1.807) is 11.3 Å². The van der Waals surface area contributed by atoms with Gasteiger partial charge in [-0.05, 0) is 27.4 Å². The maximum Gasteiger partial charge on any atom is 0.150 e. The van der Waals surface area contributed by atoms with Gasteiger partial charge in [0.15, 0.2) is 0 Å². The summed E-state index contributed by atoms with van der Waals surface area (Å²) in [6.45, 7) is 0. The predicted octanol–water partition coefficient (Wildman–Crippen LogP) is 2.63. The first-order chi connectivity index (χ1) is 6.77. The van der Waals surface area contributed by atoms with Crippen LogP contribution >= 0.6 is 27.3 Å². The zero-order valence-electron chi connectivity index (χ0n) is 7.07. The van der Waals surface area contributed by atoms with E-state index in [1.165, 1.54) is 6.33 Å². The number of anilines is 3. The molecule has 0 aliphatic carbocycles. The molecule has 0 aromatic carbocycles. The quantitative estimate of drug-likeness (QED) is 0.881. The van der Waals surface area contributed by atoms with Crippen LogP contribution in [0, 0.1) is 0 Å². The number of aromatic nitrogens is 2. The van der Waals surface area contributed by atoms with Crippen molar-refractivity contribution in [3.63, 3.8) is 0 Å². The average molecular weight is 271 g/mol. The van der Waals surface area contributed by atoms with Crippen LogP contribution in [0.3, 0.4) is 0 Å². The first-order valence-corrected chi connectivity index (χ1v) is 5.56. The van der Waals surface area contributed by atoms with Gasteiger partial charge in [0.2, 0.25) is 0 Å². The second kappa shape index (κ2) is 3.93. The molecular weight excluding hydrogens is 264 g/mol. The first-order valence-electron chi connectivity index (χ1n) is 3.82. The van der Waals surface area contributed by atoms with Crippen molar-refractivity contribution in [2.75, 3.05) is 11.1 Å². The molecule has 0 radical (unpaired) electrons. The van der Waals surface area contributed by atoms with E-state index >= 15 is 0 Å². The van der Waals surface area contributed by atoms with Crippen LogP contribution in [-0.4, -0.2) is 9.97 Å².